The number of aromatic amines is 1. The van der Waals surface area contributed by atoms with Gasteiger partial charge in [-0.25, -0.2) is 0 Å². The van der Waals surface area contributed by atoms with Crippen molar-refractivity contribution in [1.29, 1.82) is 0 Å². The molecule has 128 valence electrons. The van der Waals surface area contributed by atoms with Crippen LogP contribution in [0.4, 0.5) is 0 Å². The number of hydrogen-bond acceptors (Lipinski definition) is 3. The first-order valence-corrected chi connectivity index (χ1v) is 9.22. The number of benzene rings is 1. The molecular formula is C20H21N3O2. The van der Waals surface area contributed by atoms with Gasteiger partial charge in [0.15, 0.2) is 5.78 Å². The quantitative estimate of drug-likeness (QED) is 0.917. The fraction of sp³-hybridized carbons (Fsp3) is 0.450. The number of nitrogens with zero attached hydrogens (tertiary/aromatic N) is 2. The lowest BCUT2D eigenvalue weighted by atomic mass is 10.0. The van der Waals surface area contributed by atoms with Crippen molar-refractivity contribution in [3.8, 4) is 0 Å². The minimum absolute atomic E-state index is 0.0673. The maximum Gasteiger partial charge on any atom is 0.254 e. The third kappa shape index (κ3) is 2.41. The molecule has 1 aliphatic heterocycles. The molecule has 3 aliphatic rings. The van der Waals surface area contributed by atoms with E-state index >= 15 is 0 Å². The summed E-state index contributed by atoms with van der Waals surface area (Å²) in [7, 11) is 0. The summed E-state index contributed by atoms with van der Waals surface area (Å²) in [4.78, 5) is 27.0. The van der Waals surface area contributed by atoms with Crippen LogP contribution >= 0.6 is 0 Å². The molecule has 2 heterocycles. The van der Waals surface area contributed by atoms with E-state index in [2.05, 4.69) is 10.2 Å². The number of fused-ring (bicyclic) bond motifs is 2. The third-order valence-electron chi connectivity index (χ3n) is 5.81. The summed E-state index contributed by atoms with van der Waals surface area (Å²) in [6, 6.07) is 5.56. The zero-order chi connectivity index (χ0) is 17.0. The Bertz CT molecular complexity index is 879. The lowest BCUT2D eigenvalue weighted by molar-refractivity contribution is 0.0761. The maximum atomic E-state index is 13.1. The number of aromatic nitrogens is 2. The second-order valence-electron chi connectivity index (χ2n) is 7.39. The number of amides is 1. The first-order valence-electron chi connectivity index (χ1n) is 9.22. The van der Waals surface area contributed by atoms with Crippen molar-refractivity contribution < 1.29 is 9.59 Å². The van der Waals surface area contributed by atoms with E-state index in [9.17, 15) is 9.59 Å². The number of nitrogens with one attached hydrogen (secondary N) is 1. The van der Waals surface area contributed by atoms with E-state index in [1.165, 1.54) is 29.8 Å². The molecule has 1 aromatic heterocycles. The van der Waals surface area contributed by atoms with Crippen molar-refractivity contribution in [3.63, 3.8) is 0 Å². The number of carbonyl (C=O) groups is 2. The predicted octanol–water partition coefficient (Wildman–Crippen LogP) is 2.66. The molecule has 1 N–H and O–H groups in total. The van der Waals surface area contributed by atoms with Gasteiger partial charge in [-0.05, 0) is 42.9 Å². The molecule has 1 aromatic carbocycles. The average molecular weight is 335 g/mol. The van der Waals surface area contributed by atoms with E-state index in [1.54, 1.807) is 0 Å². The van der Waals surface area contributed by atoms with Gasteiger partial charge in [0.05, 0.1) is 5.69 Å². The second-order valence-corrected chi connectivity index (χ2v) is 7.39. The third-order valence-corrected chi connectivity index (χ3v) is 5.81. The van der Waals surface area contributed by atoms with E-state index in [4.69, 9.17) is 0 Å². The van der Waals surface area contributed by atoms with Gasteiger partial charge in [-0.1, -0.05) is 12.1 Å². The van der Waals surface area contributed by atoms with Crippen LogP contribution in [-0.2, 0) is 19.3 Å². The molecule has 2 aromatic rings. The zero-order valence-corrected chi connectivity index (χ0v) is 14.2. The van der Waals surface area contributed by atoms with Gasteiger partial charge in [0.1, 0.15) is 0 Å². The molecule has 0 unspecified atom stereocenters. The highest BCUT2D eigenvalue weighted by molar-refractivity contribution is 6.05. The van der Waals surface area contributed by atoms with E-state index in [1.807, 2.05) is 23.1 Å². The SMILES string of the molecule is O=C1CCc2c1cccc2C(=O)N1CCc2[nH]nc(C3CC3)c2CC1. The first-order chi connectivity index (χ1) is 12.2. The average Bonchev–Trinajstić information content (AvgIpc) is 3.35. The summed E-state index contributed by atoms with van der Waals surface area (Å²) in [6.07, 6.45) is 5.40. The van der Waals surface area contributed by atoms with Crippen molar-refractivity contribution >= 4 is 11.7 Å². The van der Waals surface area contributed by atoms with E-state index in [0.717, 1.165) is 36.1 Å². The minimum Gasteiger partial charge on any atom is -0.338 e. The van der Waals surface area contributed by atoms with Gasteiger partial charge in [-0.2, -0.15) is 5.10 Å². The van der Waals surface area contributed by atoms with Crippen LogP contribution in [0.5, 0.6) is 0 Å². The van der Waals surface area contributed by atoms with Gasteiger partial charge in [0.2, 0.25) is 0 Å². The summed E-state index contributed by atoms with van der Waals surface area (Å²) in [5.41, 5.74) is 6.17. The molecule has 1 amide bonds. The Labute approximate surface area is 146 Å². The Morgan fingerprint density at radius 1 is 1.08 bits per heavy atom. The number of ketones is 1. The Morgan fingerprint density at radius 3 is 2.76 bits per heavy atom. The van der Waals surface area contributed by atoms with Crippen LogP contribution in [-0.4, -0.2) is 39.9 Å². The summed E-state index contributed by atoms with van der Waals surface area (Å²) < 4.78 is 0. The molecular weight excluding hydrogens is 314 g/mol. The predicted molar refractivity (Wildman–Crippen MR) is 93.0 cm³/mol. The Hall–Kier alpha value is -2.43. The van der Waals surface area contributed by atoms with Crippen LogP contribution < -0.4 is 0 Å². The Kier molecular flexibility index (Phi) is 3.30. The number of rotatable bonds is 2. The molecule has 0 radical (unpaired) electrons. The highest BCUT2D eigenvalue weighted by atomic mass is 16.2. The van der Waals surface area contributed by atoms with Crippen LogP contribution in [0.15, 0.2) is 18.2 Å². The lowest BCUT2D eigenvalue weighted by Crippen LogP contribution is -2.34. The van der Waals surface area contributed by atoms with E-state index < -0.39 is 0 Å². The van der Waals surface area contributed by atoms with Gasteiger partial charge in [-0.15, -0.1) is 0 Å². The van der Waals surface area contributed by atoms with Crippen molar-refractivity contribution in [2.75, 3.05) is 13.1 Å². The largest absolute Gasteiger partial charge is 0.338 e. The normalized spacial score (nSPS) is 19.5. The fourth-order valence-electron chi connectivity index (χ4n) is 4.27. The summed E-state index contributed by atoms with van der Waals surface area (Å²) in [6.45, 7) is 1.43. The smallest absolute Gasteiger partial charge is 0.254 e. The Morgan fingerprint density at radius 2 is 1.92 bits per heavy atom. The van der Waals surface area contributed by atoms with Crippen molar-refractivity contribution in [1.82, 2.24) is 15.1 Å². The molecule has 0 spiro atoms. The van der Waals surface area contributed by atoms with Crippen molar-refractivity contribution in [2.45, 2.75) is 44.4 Å². The van der Waals surface area contributed by atoms with E-state index in [-0.39, 0.29) is 11.7 Å². The first kappa shape index (κ1) is 14.9. The van der Waals surface area contributed by atoms with Gasteiger partial charge in [0.25, 0.3) is 5.91 Å². The van der Waals surface area contributed by atoms with Crippen molar-refractivity contribution in [3.05, 3.63) is 51.8 Å². The van der Waals surface area contributed by atoms with Crippen LogP contribution in [0.25, 0.3) is 0 Å². The highest BCUT2D eigenvalue weighted by Gasteiger charge is 2.32. The number of hydrogen-bond donors (Lipinski definition) is 1. The highest BCUT2D eigenvalue weighted by Crippen LogP contribution is 2.41. The summed E-state index contributed by atoms with van der Waals surface area (Å²) in [5, 5.41) is 7.72. The molecule has 5 heteroatoms. The molecule has 0 atom stereocenters. The van der Waals surface area contributed by atoms with Crippen LogP contribution in [0, 0.1) is 0 Å². The minimum atomic E-state index is 0.0673. The molecule has 1 saturated carbocycles. The zero-order valence-electron chi connectivity index (χ0n) is 14.2. The summed E-state index contributed by atoms with van der Waals surface area (Å²) >= 11 is 0. The number of Topliss-reactive ketones (excluding diaryl/α,β-unsaturated/α-hetero) is 1. The van der Waals surface area contributed by atoms with E-state index in [0.29, 0.717) is 25.3 Å². The van der Waals surface area contributed by atoms with Crippen LogP contribution in [0.3, 0.4) is 0 Å². The maximum absolute atomic E-state index is 13.1. The van der Waals surface area contributed by atoms with Crippen LogP contribution in [0.2, 0.25) is 0 Å². The molecule has 0 bridgehead atoms. The lowest BCUT2D eigenvalue weighted by Gasteiger charge is -2.21. The second kappa shape index (κ2) is 5.55. The molecule has 5 rings (SSSR count). The van der Waals surface area contributed by atoms with Gasteiger partial charge in [-0.3, -0.25) is 14.7 Å². The van der Waals surface area contributed by atoms with Gasteiger partial charge < -0.3 is 4.90 Å². The van der Waals surface area contributed by atoms with Gasteiger partial charge in [0, 0.05) is 48.7 Å². The number of carbonyl (C=O) groups excluding carboxylic acids is 2. The summed E-state index contributed by atoms with van der Waals surface area (Å²) in [5.74, 6) is 0.860. The monoisotopic (exact) mass is 335 g/mol. The van der Waals surface area contributed by atoms with Crippen LogP contribution in [0.1, 0.15) is 68.4 Å². The molecule has 5 nitrogen and oxygen atoms in total. The standard InChI is InChI=1S/C20H21N3O2/c24-18-7-6-13-14(18)2-1-3-15(13)20(25)23-10-8-16-17(9-11-23)21-22-19(16)12-4-5-12/h1-3,12H,4-11H2,(H,21,22). The molecule has 25 heavy (non-hydrogen) atoms. The molecule has 2 aliphatic carbocycles. The van der Waals surface area contributed by atoms with Gasteiger partial charge >= 0.3 is 0 Å². The van der Waals surface area contributed by atoms with Crippen molar-refractivity contribution in [2.24, 2.45) is 0 Å². The topological polar surface area (TPSA) is 66.1 Å². The number of H-pyrrole nitrogens is 1. The molecule has 1 fully saturated rings. The fourth-order valence-corrected chi connectivity index (χ4v) is 4.27. The molecule has 0 saturated heterocycles. The Balaban J connectivity index is 1.40.